The predicted octanol–water partition coefficient (Wildman–Crippen LogP) is 2.91. The SMILES string of the molecule is Fc1cc(-n2cccn2)cc(F)c1Br. The van der Waals surface area contributed by atoms with E-state index in [1.165, 1.54) is 23.0 Å². The molecule has 0 aliphatic carbocycles. The van der Waals surface area contributed by atoms with Crippen molar-refractivity contribution < 1.29 is 8.78 Å². The Morgan fingerprint density at radius 3 is 2.36 bits per heavy atom. The molecule has 0 radical (unpaired) electrons. The minimum Gasteiger partial charge on any atom is -0.241 e. The van der Waals surface area contributed by atoms with E-state index < -0.39 is 11.6 Å². The fraction of sp³-hybridized carbons (Fsp3) is 0. The molecule has 0 bridgehead atoms. The van der Waals surface area contributed by atoms with Crippen LogP contribution in [-0.4, -0.2) is 9.78 Å². The van der Waals surface area contributed by atoms with Gasteiger partial charge >= 0.3 is 0 Å². The lowest BCUT2D eigenvalue weighted by atomic mass is 10.3. The van der Waals surface area contributed by atoms with Crippen LogP contribution in [0.1, 0.15) is 0 Å². The molecular formula is C9H5BrF2N2. The van der Waals surface area contributed by atoms with Crippen molar-refractivity contribution in [2.75, 3.05) is 0 Å². The summed E-state index contributed by atoms with van der Waals surface area (Å²) in [6.45, 7) is 0. The lowest BCUT2D eigenvalue weighted by Crippen LogP contribution is -1.97. The van der Waals surface area contributed by atoms with Gasteiger partial charge in [-0.25, -0.2) is 13.5 Å². The van der Waals surface area contributed by atoms with Gasteiger partial charge in [0.15, 0.2) is 0 Å². The number of aromatic nitrogens is 2. The Morgan fingerprint density at radius 1 is 1.21 bits per heavy atom. The van der Waals surface area contributed by atoms with Crippen LogP contribution in [0.4, 0.5) is 8.78 Å². The second-order valence-electron chi connectivity index (χ2n) is 2.67. The highest BCUT2D eigenvalue weighted by molar-refractivity contribution is 9.10. The molecule has 0 aliphatic heterocycles. The van der Waals surface area contributed by atoms with Crippen LogP contribution in [0.5, 0.6) is 0 Å². The van der Waals surface area contributed by atoms with Gasteiger partial charge in [-0.1, -0.05) is 0 Å². The minimum absolute atomic E-state index is 0.159. The van der Waals surface area contributed by atoms with Gasteiger partial charge in [-0.2, -0.15) is 5.10 Å². The van der Waals surface area contributed by atoms with E-state index in [9.17, 15) is 8.78 Å². The van der Waals surface area contributed by atoms with Gasteiger partial charge in [0.25, 0.3) is 0 Å². The minimum atomic E-state index is -0.643. The first kappa shape index (κ1) is 9.33. The third-order valence-corrected chi connectivity index (χ3v) is 2.50. The van der Waals surface area contributed by atoms with Crippen LogP contribution in [-0.2, 0) is 0 Å². The lowest BCUT2D eigenvalue weighted by Gasteiger charge is -2.03. The summed E-state index contributed by atoms with van der Waals surface area (Å²) in [6.07, 6.45) is 3.15. The van der Waals surface area contributed by atoms with Crippen molar-refractivity contribution in [3.63, 3.8) is 0 Å². The number of hydrogen-bond acceptors (Lipinski definition) is 1. The number of rotatable bonds is 1. The molecule has 0 fully saturated rings. The predicted molar refractivity (Wildman–Crippen MR) is 51.2 cm³/mol. The lowest BCUT2D eigenvalue weighted by molar-refractivity contribution is 0.569. The van der Waals surface area contributed by atoms with E-state index in [0.717, 1.165) is 0 Å². The summed E-state index contributed by atoms with van der Waals surface area (Å²) in [6, 6.07) is 4.10. The molecular weight excluding hydrogens is 254 g/mol. The van der Waals surface area contributed by atoms with Gasteiger partial charge in [0.1, 0.15) is 11.6 Å². The molecule has 2 rings (SSSR count). The first-order valence-electron chi connectivity index (χ1n) is 3.83. The quantitative estimate of drug-likeness (QED) is 0.720. The van der Waals surface area contributed by atoms with E-state index in [-0.39, 0.29) is 4.47 Å². The van der Waals surface area contributed by atoms with Gasteiger partial charge in [0, 0.05) is 24.5 Å². The molecule has 5 heteroatoms. The van der Waals surface area contributed by atoms with Crippen molar-refractivity contribution in [3.05, 3.63) is 46.7 Å². The smallest absolute Gasteiger partial charge is 0.142 e. The van der Waals surface area contributed by atoms with Gasteiger partial charge in [-0.05, 0) is 22.0 Å². The summed E-state index contributed by atoms with van der Waals surface area (Å²) >= 11 is 2.80. The molecule has 0 amide bonds. The molecule has 0 unspecified atom stereocenters. The van der Waals surface area contributed by atoms with E-state index in [4.69, 9.17) is 0 Å². The van der Waals surface area contributed by atoms with Gasteiger partial charge in [-0.3, -0.25) is 0 Å². The van der Waals surface area contributed by atoms with Gasteiger partial charge in [0.2, 0.25) is 0 Å². The van der Waals surface area contributed by atoms with Crippen LogP contribution in [0.2, 0.25) is 0 Å². The number of hydrogen-bond donors (Lipinski definition) is 0. The maximum absolute atomic E-state index is 13.1. The largest absolute Gasteiger partial charge is 0.241 e. The molecule has 0 saturated heterocycles. The molecule has 0 aliphatic rings. The molecule has 0 N–H and O–H groups in total. The molecule has 72 valence electrons. The van der Waals surface area contributed by atoms with Crippen molar-refractivity contribution in [2.24, 2.45) is 0 Å². The Hall–Kier alpha value is -1.23. The molecule has 14 heavy (non-hydrogen) atoms. The fourth-order valence-electron chi connectivity index (χ4n) is 1.10. The van der Waals surface area contributed by atoms with Crippen LogP contribution in [0.3, 0.4) is 0 Å². The zero-order valence-corrected chi connectivity index (χ0v) is 8.50. The summed E-state index contributed by atoms with van der Waals surface area (Å²) in [7, 11) is 0. The summed E-state index contributed by atoms with van der Waals surface area (Å²) < 4.78 is 27.4. The first-order chi connectivity index (χ1) is 6.68. The van der Waals surface area contributed by atoms with Gasteiger partial charge in [-0.15, -0.1) is 0 Å². The fourth-order valence-corrected chi connectivity index (χ4v) is 1.32. The van der Waals surface area contributed by atoms with Gasteiger partial charge in [0.05, 0.1) is 10.2 Å². The third-order valence-electron chi connectivity index (χ3n) is 1.74. The van der Waals surface area contributed by atoms with E-state index >= 15 is 0 Å². The third kappa shape index (κ3) is 1.55. The summed E-state index contributed by atoms with van der Waals surface area (Å²) in [5, 5.41) is 3.87. The first-order valence-corrected chi connectivity index (χ1v) is 4.62. The van der Waals surface area contributed by atoms with Crippen LogP contribution < -0.4 is 0 Å². The van der Waals surface area contributed by atoms with Crippen molar-refractivity contribution in [1.29, 1.82) is 0 Å². The maximum atomic E-state index is 13.1. The van der Waals surface area contributed by atoms with Crippen molar-refractivity contribution in [2.45, 2.75) is 0 Å². The zero-order chi connectivity index (χ0) is 10.1. The van der Waals surface area contributed by atoms with Crippen LogP contribution in [0, 0.1) is 11.6 Å². The normalized spacial score (nSPS) is 10.5. The maximum Gasteiger partial charge on any atom is 0.142 e. The zero-order valence-electron chi connectivity index (χ0n) is 6.92. The number of nitrogens with zero attached hydrogens (tertiary/aromatic N) is 2. The molecule has 1 aromatic heterocycles. The Balaban J connectivity index is 2.57. The molecule has 2 aromatic rings. The highest BCUT2D eigenvalue weighted by Gasteiger charge is 2.09. The summed E-state index contributed by atoms with van der Waals surface area (Å²) in [5.41, 5.74) is 0.355. The average Bonchev–Trinajstić information content (AvgIpc) is 2.66. The highest BCUT2D eigenvalue weighted by atomic mass is 79.9. The molecule has 0 spiro atoms. The van der Waals surface area contributed by atoms with Gasteiger partial charge < -0.3 is 0 Å². The van der Waals surface area contributed by atoms with E-state index in [0.29, 0.717) is 5.69 Å². The Morgan fingerprint density at radius 2 is 1.86 bits per heavy atom. The number of halogens is 3. The Bertz CT molecular complexity index is 431. The molecule has 0 atom stereocenters. The average molecular weight is 259 g/mol. The van der Waals surface area contributed by atoms with Crippen molar-refractivity contribution >= 4 is 15.9 Å². The second kappa shape index (κ2) is 3.49. The van der Waals surface area contributed by atoms with Crippen molar-refractivity contribution in [1.82, 2.24) is 9.78 Å². The standard InChI is InChI=1S/C9H5BrF2N2/c10-9-7(11)4-6(5-8(9)12)14-3-1-2-13-14/h1-5H. The monoisotopic (exact) mass is 258 g/mol. The second-order valence-corrected chi connectivity index (χ2v) is 3.47. The van der Waals surface area contributed by atoms with Crippen molar-refractivity contribution in [3.8, 4) is 5.69 Å². The summed E-state index contributed by atoms with van der Waals surface area (Å²) in [5.74, 6) is -1.29. The van der Waals surface area contributed by atoms with E-state index in [1.807, 2.05) is 0 Å². The van der Waals surface area contributed by atoms with E-state index in [2.05, 4.69) is 21.0 Å². The Kier molecular flexibility index (Phi) is 2.33. The van der Waals surface area contributed by atoms with E-state index in [1.54, 1.807) is 12.3 Å². The summed E-state index contributed by atoms with van der Waals surface area (Å²) in [4.78, 5) is 0. The Labute approximate surface area is 87.3 Å². The molecule has 1 heterocycles. The van der Waals surface area contributed by atoms with Crippen LogP contribution in [0.25, 0.3) is 5.69 Å². The molecule has 0 saturated carbocycles. The molecule has 1 aromatic carbocycles. The molecule has 2 nitrogen and oxygen atoms in total. The van der Waals surface area contributed by atoms with Crippen LogP contribution in [0.15, 0.2) is 35.1 Å². The number of benzene rings is 1. The van der Waals surface area contributed by atoms with Crippen LogP contribution >= 0.6 is 15.9 Å². The topological polar surface area (TPSA) is 17.8 Å². The highest BCUT2D eigenvalue weighted by Crippen LogP contribution is 2.22.